The number of likely N-dealkylation sites (N-methyl/N-ethyl adjacent to an activating group) is 1. The van der Waals surface area contributed by atoms with Gasteiger partial charge in [0.15, 0.2) is 0 Å². The number of amides is 1. The van der Waals surface area contributed by atoms with Gasteiger partial charge in [-0.25, -0.2) is 0 Å². The van der Waals surface area contributed by atoms with Gasteiger partial charge in [0.2, 0.25) is 5.91 Å². The summed E-state index contributed by atoms with van der Waals surface area (Å²) in [7, 11) is 0. The fourth-order valence-corrected chi connectivity index (χ4v) is 2.17. The topological polar surface area (TPSA) is 58.6 Å². The molecule has 1 aromatic rings. The van der Waals surface area contributed by atoms with Gasteiger partial charge in [-0.2, -0.15) is 0 Å². The van der Waals surface area contributed by atoms with Gasteiger partial charge in [-0.15, -0.1) is 0 Å². The molecule has 1 aromatic carbocycles. The fraction of sp³-hybridized carbons (Fsp3) is 0.429. The first kappa shape index (κ1) is 13.5. The van der Waals surface area contributed by atoms with Crippen LogP contribution in [0.1, 0.15) is 17.3 Å². The number of aldehydes is 1. The van der Waals surface area contributed by atoms with Crippen molar-refractivity contribution in [3.8, 4) is 0 Å². The maximum atomic E-state index is 12.0. The number of carbonyl (C=O) groups is 2. The number of hydrogen-bond donors (Lipinski definition) is 1. The summed E-state index contributed by atoms with van der Waals surface area (Å²) in [5, 5.41) is 2.82. The molecule has 0 aromatic heterocycles. The smallest absolute Gasteiger partial charge is 0.245 e. The number of rotatable bonds is 4. The molecule has 0 bridgehead atoms. The Morgan fingerprint density at radius 2 is 2.21 bits per heavy atom. The second kappa shape index (κ2) is 6.33. The molecule has 1 amide bonds. The lowest BCUT2D eigenvalue weighted by Crippen LogP contribution is -2.54. The Morgan fingerprint density at radius 1 is 1.47 bits per heavy atom. The van der Waals surface area contributed by atoms with Gasteiger partial charge in [-0.1, -0.05) is 0 Å². The van der Waals surface area contributed by atoms with Crippen LogP contribution in [-0.4, -0.2) is 44.5 Å². The Kier molecular flexibility index (Phi) is 4.52. The monoisotopic (exact) mass is 262 g/mol. The van der Waals surface area contributed by atoms with E-state index in [2.05, 4.69) is 5.32 Å². The summed E-state index contributed by atoms with van der Waals surface area (Å²) >= 11 is 0. The van der Waals surface area contributed by atoms with Crippen molar-refractivity contribution in [1.29, 1.82) is 0 Å². The summed E-state index contributed by atoms with van der Waals surface area (Å²) in [5.41, 5.74) is 1.57. The molecule has 1 aliphatic heterocycles. The van der Waals surface area contributed by atoms with Crippen molar-refractivity contribution in [2.24, 2.45) is 0 Å². The second-order valence-corrected chi connectivity index (χ2v) is 4.39. The number of hydrogen-bond acceptors (Lipinski definition) is 4. The van der Waals surface area contributed by atoms with E-state index in [9.17, 15) is 9.59 Å². The van der Waals surface area contributed by atoms with Crippen molar-refractivity contribution in [2.75, 3.05) is 31.2 Å². The van der Waals surface area contributed by atoms with Crippen LogP contribution < -0.4 is 10.2 Å². The number of nitrogens with one attached hydrogen (secondary N) is 1. The van der Waals surface area contributed by atoms with Gasteiger partial charge in [0, 0.05) is 24.3 Å². The van der Waals surface area contributed by atoms with Crippen molar-refractivity contribution in [3.63, 3.8) is 0 Å². The molecule has 0 saturated carbocycles. The van der Waals surface area contributed by atoms with Gasteiger partial charge in [0.05, 0.1) is 13.2 Å². The third-order valence-electron chi connectivity index (χ3n) is 3.14. The number of benzene rings is 1. The average Bonchev–Trinajstić information content (AvgIpc) is 2.47. The molecule has 1 unspecified atom stereocenters. The standard InChI is InChI=1S/C14H18N2O3/c1-2-15-14(18)13-10-19-8-7-16(13)12-5-3-11(9-17)4-6-12/h3-6,9,13H,2,7-8,10H2,1H3,(H,15,18). The van der Waals surface area contributed by atoms with E-state index in [4.69, 9.17) is 4.74 Å². The first-order valence-electron chi connectivity index (χ1n) is 6.43. The minimum atomic E-state index is -0.309. The maximum Gasteiger partial charge on any atom is 0.245 e. The Balaban J connectivity index is 2.18. The molecule has 1 heterocycles. The molecule has 1 atom stereocenters. The van der Waals surface area contributed by atoms with E-state index in [-0.39, 0.29) is 11.9 Å². The van der Waals surface area contributed by atoms with Crippen molar-refractivity contribution in [1.82, 2.24) is 5.32 Å². The van der Waals surface area contributed by atoms with Gasteiger partial charge in [-0.05, 0) is 31.2 Å². The largest absolute Gasteiger partial charge is 0.377 e. The van der Waals surface area contributed by atoms with E-state index in [1.165, 1.54) is 0 Å². The maximum absolute atomic E-state index is 12.0. The predicted octanol–water partition coefficient (Wildman–Crippen LogP) is 0.840. The lowest BCUT2D eigenvalue weighted by Gasteiger charge is -2.36. The number of morpholine rings is 1. The Bertz CT molecular complexity index is 445. The molecule has 0 aliphatic carbocycles. The Hall–Kier alpha value is -1.88. The van der Waals surface area contributed by atoms with E-state index in [0.29, 0.717) is 31.9 Å². The molecule has 0 spiro atoms. The summed E-state index contributed by atoms with van der Waals surface area (Å²) in [6.45, 7) is 4.16. The minimum Gasteiger partial charge on any atom is -0.377 e. The van der Waals surface area contributed by atoms with Crippen molar-refractivity contribution >= 4 is 17.9 Å². The van der Waals surface area contributed by atoms with E-state index in [1.807, 2.05) is 24.0 Å². The fourth-order valence-electron chi connectivity index (χ4n) is 2.17. The Labute approximate surface area is 112 Å². The molecule has 5 heteroatoms. The van der Waals surface area contributed by atoms with Gasteiger partial charge >= 0.3 is 0 Å². The van der Waals surface area contributed by atoms with E-state index in [1.54, 1.807) is 12.1 Å². The lowest BCUT2D eigenvalue weighted by atomic mass is 10.1. The van der Waals surface area contributed by atoms with Crippen LogP contribution >= 0.6 is 0 Å². The van der Waals surface area contributed by atoms with Crippen molar-refractivity contribution in [2.45, 2.75) is 13.0 Å². The van der Waals surface area contributed by atoms with Gasteiger partial charge in [0.1, 0.15) is 12.3 Å². The number of nitrogens with zero attached hydrogens (tertiary/aromatic N) is 1. The molecule has 5 nitrogen and oxygen atoms in total. The first-order chi connectivity index (χ1) is 9.26. The van der Waals surface area contributed by atoms with Crippen molar-refractivity contribution < 1.29 is 14.3 Å². The summed E-state index contributed by atoms with van der Waals surface area (Å²) < 4.78 is 5.39. The summed E-state index contributed by atoms with van der Waals surface area (Å²) in [6.07, 6.45) is 0.810. The van der Waals surface area contributed by atoms with Crippen LogP contribution in [0.3, 0.4) is 0 Å². The zero-order valence-corrected chi connectivity index (χ0v) is 11.0. The second-order valence-electron chi connectivity index (χ2n) is 4.39. The minimum absolute atomic E-state index is 0.0262. The third-order valence-corrected chi connectivity index (χ3v) is 3.14. The molecule has 19 heavy (non-hydrogen) atoms. The molecule has 1 N–H and O–H groups in total. The van der Waals surface area contributed by atoms with Gasteiger partial charge in [0.25, 0.3) is 0 Å². The van der Waals surface area contributed by atoms with Gasteiger partial charge in [-0.3, -0.25) is 9.59 Å². The van der Waals surface area contributed by atoms with Crippen LogP contribution in [0.5, 0.6) is 0 Å². The number of carbonyl (C=O) groups excluding carboxylic acids is 2. The molecule has 0 radical (unpaired) electrons. The summed E-state index contributed by atoms with van der Waals surface area (Å²) in [6, 6.07) is 6.93. The van der Waals surface area contributed by atoms with E-state index < -0.39 is 0 Å². The van der Waals surface area contributed by atoms with Crippen LogP contribution in [0.2, 0.25) is 0 Å². The molecule has 1 fully saturated rings. The lowest BCUT2D eigenvalue weighted by molar-refractivity contribution is -0.124. The highest BCUT2D eigenvalue weighted by atomic mass is 16.5. The summed E-state index contributed by atoms with van der Waals surface area (Å²) in [4.78, 5) is 24.7. The number of ether oxygens (including phenoxy) is 1. The molecule has 1 aliphatic rings. The van der Waals surface area contributed by atoms with Crippen LogP contribution in [0, 0.1) is 0 Å². The van der Waals surface area contributed by atoms with Crippen LogP contribution in [0.15, 0.2) is 24.3 Å². The predicted molar refractivity (Wildman–Crippen MR) is 72.5 cm³/mol. The normalized spacial score (nSPS) is 19.0. The van der Waals surface area contributed by atoms with Crippen LogP contribution in [0.4, 0.5) is 5.69 Å². The highest BCUT2D eigenvalue weighted by molar-refractivity contribution is 5.86. The Morgan fingerprint density at radius 3 is 2.84 bits per heavy atom. The molecular formula is C14H18N2O3. The first-order valence-corrected chi connectivity index (χ1v) is 6.43. The molecule has 2 rings (SSSR count). The molecular weight excluding hydrogens is 244 g/mol. The highest BCUT2D eigenvalue weighted by Crippen LogP contribution is 2.20. The molecule has 102 valence electrons. The zero-order chi connectivity index (χ0) is 13.7. The SMILES string of the molecule is CCNC(=O)C1COCCN1c1ccc(C=O)cc1. The average molecular weight is 262 g/mol. The van der Waals surface area contributed by atoms with E-state index >= 15 is 0 Å². The van der Waals surface area contributed by atoms with Crippen molar-refractivity contribution in [3.05, 3.63) is 29.8 Å². The third kappa shape index (κ3) is 3.12. The zero-order valence-electron chi connectivity index (χ0n) is 11.0. The summed E-state index contributed by atoms with van der Waals surface area (Å²) in [5.74, 6) is -0.0262. The van der Waals surface area contributed by atoms with E-state index in [0.717, 1.165) is 12.0 Å². The van der Waals surface area contributed by atoms with Crippen LogP contribution in [0.25, 0.3) is 0 Å². The van der Waals surface area contributed by atoms with Gasteiger partial charge < -0.3 is 15.0 Å². The molecule has 1 saturated heterocycles. The number of anilines is 1. The van der Waals surface area contributed by atoms with Crippen LogP contribution in [-0.2, 0) is 9.53 Å². The highest BCUT2D eigenvalue weighted by Gasteiger charge is 2.29. The quantitative estimate of drug-likeness (QED) is 0.817.